The van der Waals surface area contributed by atoms with Gasteiger partial charge in [-0.3, -0.25) is 9.59 Å². The fourth-order valence-electron chi connectivity index (χ4n) is 1.57. The second-order valence-corrected chi connectivity index (χ2v) is 6.97. The Morgan fingerprint density at radius 2 is 2.00 bits per heavy atom. The molecule has 2 rings (SSSR count). The maximum atomic E-state index is 12.9. The van der Waals surface area contributed by atoms with Gasteiger partial charge in [0.25, 0.3) is 0 Å². The number of hydrogen-bond donors (Lipinski definition) is 1. The standard InChI is InChI=1S/C14H14FN3O2S2/c1-3-11(19)16-13-17-18-14(22-13)21-8(2)12(20)9-4-6-10(15)7-5-9/h4-8H,3H2,1-2H3,(H,16,17,19). The number of thioether (sulfide) groups is 1. The molecule has 0 aliphatic carbocycles. The van der Waals surface area contributed by atoms with Gasteiger partial charge < -0.3 is 5.32 Å². The number of ketones is 1. The van der Waals surface area contributed by atoms with Crippen molar-refractivity contribution in [2.75, 3.05) is 5.32 Å². The van der Waals surface area contributed by atoms with Crippen molar-refractivity contribution < 1.29 is 14.0 Å². The van der Waals surface area contributed by atoms with Crippen molar-refractivity contribution in [1.29, 1.82) is 0 Å². The Bertz CT molecular complexity index is 673. The summed E-state index contributed by atoms with van der Waals surface area (Å²) in [6, 6.07) is 5.44. The van der Waals surface area contributed by atoms with Gasteiger partial charge in [0.2, 0.25) is 11.0 Å². The number of anilines is 1. The number of halogens is 1. The lowest BCUT2D eigenvalue weighted by Crippen LogP contribution is -2.13. The Morgan fingerprint density at radius 3 is 2.64 bits per heavy atom. The molecule has 1 amide bonds. The minimum atomic E-state index is -0.381. The number of hydrogen-bond acceptors (Lipinski definition) is 6. The Kier molecular flexibility index (Phi) is 5.62. The number of Topliss-reactive ketones (excluding diaryl/α,β-unsaturated/α-hetero) is 1. The first-order chi connectivity index (χ1) is 10.5. The van der Waals surface area contributed by atoms with E-state index in [4.69, 9.17) is 0 Å². The molecule has 1 aromatic heterocycles. The molecular weight excluding hydrogens is 325 g/mol. The molecule has 1 N–H and O–H groups in total. The summed E-state index contributed by atoms with van der Waals surface area (Å²) in [7, 11) is 0. The van der Waals surface area contributed by atoms with Crippen LogP contribution in [0, 0.1) is 5.82 Å². The van der Waals surface area contributed by atoms with Gasteiger partial charge in [0.05, 0.1) is 5.25 Å². The van der Waals surface area contributed by atoms with Crippen LogP contribution in [0.1, 0.15) is 30.6 Å². The quantitative estimate of drug-likeness (QED) is 0.496. The Labute approximate surface area is 135 Å². The van der Waals surface area contributed by atoms with Crippen LogP contribution in [0.5, 0.6) is 0 Å². The number of amides is 1. The van der Waals surface area contributed by atoms with Gasteiger partial charge in [-0.2, -0.15) is 0 Å². The van der Waals surface area contributed by atoms with Crippen molar-refractivity contribution in [1.82, 2.24) is 10.2 Å². The third-order valence-corrected chi connectivity index (χ3v) is 4.77. The summed E-state index contributed by atoms with van der Waals surface area (Å²) in [5.41, 5.74) is 0.449. The highest BCUT2D eigenvalue weighted by Gasteiger charge is 2.19. The minimum Gasteiger partial charge on any atom is -0.301 e. The van der Waals surface area contributed by atoms with Gasteiger partial charge >= 0.3 is 0 Å². The second kappa shape index (κ2) is 7.46. The molecule has 0 aliphatic rings. The zero-order valence-electron chi connectivity index (χ0n) is 12.0. The van der Waals surface area contributed by atoms with Gasteiger partial charge in [0.15, 0.2) is 10.1 Å². The van der Waals surface area contributed by atoms with Gasteiger partial charge in [0, 0.05) is 12.0 Å². The molecule has 0 saturated carbocycles. The van der Waals surface area contributed by atoms with Crippen molar-refractivity contribution in [3.05, 3.63) is 35.6 Å². The first-order valence-electron chi connectivity index (χ1n) is 6.59. The van der Waals surface area contributed by atoms with E-state index in [0.29, 0.717) is 21.5 Å². The molecule has 0 bridgehead atoms. The average Bonchev–Trinajstić information content (AvgIpc) is 2.94. The second-order valence-electron chi connectivity index (χ2n) is 4.41. The molecule has 0 saturated heterocycles. The summed E-state index contributed by atoms with van der Waals surface area (Å²) in [4.78, 5) is 23.5. The van der Waals surface area contributed by atoms with Crippen LogP contribution in [-0.4, -0.2) is 27.1 Å². The molecule has 5 nitrogen and oxygen atoms in total. The molecule has 2 aromatic rings. The van der Waals surface area contributed by atoms with Crippen molar-refractivity contribution in [3.63, 3.8) is 0 Å². The summed E-state index contributed by atoms with van der Waals surface area (Å²) in [5.74, 6) is -0.625. The Morgan fingerprint density at radius 1 is 1.32 bits per heavy atom. The number of carbonyl (C=O) groups excluding carboxylic acids is 2. The molecule has 1 atom stereocenters. The van der Waals surface area contributed by atoms with E-state index in [9.17, 15) is 14.0 Å². The number of nitrogens with one attached hydrogen (secondary N) is 1. The zero-order chi connectivity index (χ0) is 16.1. The summed E-state index contributed by atoms with van der Waals surface area (Å²) >= 11 is 2.47. The summed E-state index contributed by atoms with van der Waals surface area (Å²) < 4.78 is 13.5. The van der Waals surface area contributed by atoms with Crippen LogP contribution in [0.2, 0.25) is 0 Å². The highest BCUT2D eigenvalue weighted by atomic mass is 32.2. The number of nitrogens with zero attached hydrogens (tertiary/aromatic N) is 2. The lowest BCUT2D eigenvalue weighted by molar-refractivity contribution is -0.115. The predicted octanol–water partition coefficient (Wildman–Crippen LogP) is 3.39. The maximum Gasteiger partial charge on any atom is 0.225 e. The van der Waals surface area contributed by atoms with Crippen LogP contribution in [0.3, 0.4) is 0 Å². The third kappa shape index (κ3) is 4.35. The van der Waals surface area contributed by atoms with Crippen LogP contribution in [0.25, 0.3) is 0 Å². The van der Waals surface area contributed by atoms with E-state index in [-0.39, 0.29) is 22.8 Å². The van der Waals surface area contributed by atoms with E-state index >= 15 is 0 Å². The molecular formula is C14H14FN3O2S2. The van der Waals surface area contributed by atoms with Crippen LogP contribution in [0.4, 0.5) is 9.52 Å². The Hall–Kier alpha value is -1.80. The van der Waals surface area contributed by atoms with Crippen molar-refractivity contribution in [2.45, 2.75) is 29.9 Å². The topological polar surface area (TPSA) is 72.0 Å². The largest absolute Gasteiger partial charge is 0.301 e. The first-order valence-corrected chi connectivity index (χ1v) is 8.29. The van der Waals surface area contributed by atoms with Gasteiger partial charge in [-0.05, 0) is 31.2 Å². The van der Waals surface area contributed by atoms with Crippen molar-refractivity contribution in [2.24, 2.45) is 0 Å². The molecule has 8 heteroatoms. The highest BCUT2D eigenvalue weighted by molar-refractivity contribution is 8.02. The number of benzene rings is 1. The van der Waals surface area contributed by atoms with E-state index in [2.05, 4.69) is 15.5 Å². The average molecular weight is 339 g/mol. The third-order valence-electron chi connectivity index (χ3n) is 2.75. The van der Waals surface area contributed by atoms with Crippen LogP contribution in [0.15, 0.2) is 28.6 Å². The van der Waals surface area contributed by atoms with Gasteiger partial charge in [-0.1, -0.05) is 30.0 Å². The molecule has 0 aliphatic heterocycles. The van der Waals surface area contributed by atoms with Gasteiger partial charge in [0.1, 0.15) is 5.82 Å². The SMILES string of the molecule is CCC(=O)Nc1nnc(SC(C)C(=O)c2ccc(F)cc2)s1. The zero-order valence-corrected chi connectivity index (χ0v) is 13.6. The normalized spacial score (nSPS) is 12.0. The first kappa shape index (κ1) is 16.6. The smallest absolute Gasteiger partial charge is 0.225 e. The fourth-order valence-corrected chi connectivity index (χ4v) is 3.56. The van der Waals surface area contributed by atoms with Gasteiger partial charge in [-0.25, -0.2) is 4.39 Å². The lowest BCUT2D eigenvalue weighted by atomic mass is 10.1. The highest BCUT2D eigenvalue weighted by Crippen LogP contribution is 2.30. The van der Waals surface area contributed by atoms with E-state index in [1.165, 1.54) is 47.4 Å². The fraction of sp³-hybridized carbons (Fsp3) is 0.286. The van der Waals surface area contributed by atoms with Crippen molar-refractivity contribution >= 4 is 39.9 Å². The van der Waals surface area contributed by atoms with Gasteiger partial charge in [-0.15, -0.1) is 10.2 Å². The molecule has 1 unspecified atom stereocenters. The minimum absolute atomic E-state index is 0.112. The maximum absolute atomic E-state index is 12.9. The van der Waals surface area contributed by atoms with Crippen molar-refractivity contribution in [3.8, 4) is 0 Å². The van der Waals surface area contributed by atoms with Crippen LogP contribution in [-0.2, 0) is 4.79 Å². The van der Waals surface area contributed by atoms with Crippen LogP contribution >= 0.6 is 23.1 Å². The number of rotatable bonds is 6. The van der Waals surface area contributed by atoms with E-state index in [0.717, 1.165) is 0 Å². The summed E-state index contributed by atoms with van der Waals surface area (Å²) in [6.07, 6.45) is 0.363. The molecule has 1 heterocycles. The van der Waals surface area contributed by atoms with E-state index in [1.807, 2.05) is 0 Å². The molecule has 1 aromatic carbocycles. The van der Waals surface area contributed by atoms with Crippen LogP contribution < -0.4 is 5.32 Å². The summed E-state index contributed by atoms with van der Waals surface area (Å²) in [6.45, 7) is 3.50. The predicted molar refractivity (Wildman–Crippen MR) is 84.9 cm³/mol. The van der Waals surface area contributed by atoms with E-state index < -0.39 is 0 Å². The number of aromatic nitrogens is 2. The lowest BCUT2D eigenvalue weighted by Gasteiger charge is -2.07. The monoisotopic (exact) mass is 339 g/mol. The summed E-state index contributed by atoms with van der Waals surface area (Å²) in [5, 5.41) is 10.4. The number of carbonyl (C=O) groups is 2. The molecule has 116 valence electrons. The van der Waals surface area contributed by atoms with E-state index in [1.54, 1.807) is 13.8 Å². The molecule has 0 radical (unpaired) electrons. The molecule has 22 heavy (non-hydrogen) atoms. The Balaban J connectivity index is 1.99. The molecule has 0 spiro atoms. The molecule has 0 fully saturated rings.